The number of fused-ring (bicyclic) bond motifs is 1. The number of nitrogens with one attached hydrogen (secondary N) is 1. The maximum Gasteiger partial charge on any atom is 0.234 e. The quantitative estimate of drug-likeness (QED) is 0.721. The first-order valence-electron chi connectivity index (χ1n) is 9.74. The largest absolute Gasteiger partial charge is 0.454 e. The van der Waals surface area contributed by atoms with E-state index in [1.807, 2.05) is 11.0 Å². The number of hydrogen-bond acceptors (Lipinski definition) is 5. The lowest BCUT2D eigenvalue weighted by atomic mass is 10.0. The number of primary amides is 1. The number of nitrogens with two attached hydrogens (primary N) is 1. The molecular formula is C20H28ClN3O4. The molecule has 1 saturated heterocycles. The molecule has 0 saturated carbocycles. The summed E-state index contributed by atoms with van der Waals surface area (Å²) in [6.45, 7) is 5.32. The summed E-state index contributed by atoms with van der Waals surface area (Å²) in [7, 11) is 0. The van der Waals surface area contributed by atoms with Gasteiger partial charge in [-0.15, -0.1) is 0 Å². The van der Waals surface area contributed by atoms with Crippen LogP contribution in [0.5, 0.6) is 11.5 Å². The molecule has 1 aromatic carbocycles. The number of benzene rings is 1. The predicted octanol–water partition coefficient (Wildman–Crippen LogP) is 2.44. The first-order chi connectivity index (χ1) is 13.3. The van der Waals surface area contributed by atoms with Gasteiger partial charge in [-0.3, -0.25) is 9.59 Å². The van der Waals surface area contributed by atoms with Crippen LogP contribution in [0.25, 0.3) is 0 Å². The molecule has 2 aliphatic heterocycles. The number of carbonyl (C=O) groups excluding carboxylic acids is 2. The number of halogens is 1. The number of amides is 2. The summed E-state index contributed by atoms with van der Waals surface area (Å²) in [6.07, 6.45) is 2.56. The van der Waals surface area contributed by atoms with E-state index >= 15 is 0 Å². The Morgan fingerprint density at radius 1 is 1.32 bits per heavy atom. The third kappa shape index (κ3) is 5.08. The minimum atomic E-state index is -0.366. The van der Waals surface area contributed by atoms with Gasteiger partial charge in [-0.2, -0.15) is 0 Å². The Kier molecular flexibility index (Phi) is 6.67. The van der Waals surface area contributed by atoms with Crippen molar-refractivity contribution in [1.82, 2.24) is 10.2 Å². The third-order valence-corrected chi connectivity index (χ3v) is 5.55. The van der Waals surface area contributed by atoms with Crippen LogP contribution in [0.15, 0.2) is 12.1 Å². The average molecular weight is 410 g/mol. The van der Waals surface area contributed by atoms with Crippen molar-refractivity contribution in [3.05, 3.63) is 22.7 Å². The highest BCUT2D eigenvalue weighted by molar-refractivity contribution is 6.31. The second-order valence-electron chi connectivity index (χ2n) is 7.89. The van der Waals surface area contributed by atoms with E-state index < -0.39 is 0 Å². The van der Waals surface area contributed by atoms with Gasteiger partial charge in [0, 0.05) is 36.6 Å². The van der Waals surface area contributed by atoms with Gasteiger partial charge in [-0.25, -0.2) is 0 Å². The molecule has 2 heterocycles. The lowest BCUT2D eigenvalue weighted by molar-refractivity contribution is -0.131. The van der Waals surface area contributed by atoms with Gasteiger partial charge < -0.3 is 25.4 Å². The van der Waals surface area contributed by atoms with Crippen LogP contribution in [0.3, 0.4) is 0 Å². The van der Waals surface area contributed by atoms with Gasteiger partial charge in [0.1, 0.15) is 0 Å². The fraction of sp³-hybridized carbons (Fsp3) is 0.600. The molecule has 8 heteroatoms. The van der Waals surface area contributed by atoms with Gasteiger partial charge in [0.2, 0.25) is 18.6 Å². The molecule has 0 aliphatic carbocycles. The van der Waals surface area contributed by atoms with Crippen molar-refractivity contribution in [1.29, 1.82) is 0 Å². The lowest BCUT2D eigenvalue weighted by Gasteiger charge is -2.24. The van der Waals surface area contributed by atoms with Crippen LogP contribution in [0.1, 0.15) is 45.1 Å². The lowest BCUT2D eigenvalue weighted by Crippen LogP contribution is -2.47. The summed E-state index contributed by atoms with van der Waals surface area (Å²) in [6, 6.07) is 3.28. The molecule has 1 fully saturated rings. The monoisotopic (exact) mass is 409 g/mol. The van der Waals surface area contributed by atoms with Crippen molar-refractivity contribution >= 4 is 23.4 Å². The summed E-state index contributed by atoms with van der Waals surface area (Å²) >= 11 is 6.36. The van der Waals surface area contributed by atoms with Crippen LogP contribution in [-0.4, -0.2) is 42.1 Å². The van der Waals surface area contributed by atoms with Crippen molar-refractivity contribution in [3.63, 3.8) is 0 Å². The number of ether oxygens (including phenoxy) is 2. The zero-order valence-electron chi connectivity index (χ0n) is 16.4. The Bertz CT molecular complexity index is 740. The summed E-state index contributed by atoms with van der Waals surface area (Å²) < 4.78 is 10.7. The average Bonchev–Trinajstić information content (AvgIpc) is 3.00. The van der Waals surface area contributed by atoms with Gasteiger partial charge in [0.15, 0.2) is 11.5 Å². The molecule has 0 bridgehead atoms. The molecule has 3 N–H and O–H groups in total. The zero-order valence-corrected chi connectivity index (χ0v) is 17.1. The Labute approximate surface area is 170 Å². The minimum Gasteiger partial charge on any atom is -0.454 e. The normalized spacial score (nSPS) is 20.4. The Balaban J connectivity index is 1.63. The minimum absolute atomic E-state index is 0.0809. The van der Waals surface area contributed by atoms with Crippen molar-refractivity contribution in [2.45, 2.75) is 58.2 Å². The molecule has 7 nitrogen and oxygen atoms in total. The highest BCUT2D eigenvalue weighted by Crippen LogP contribution is 2.37. The maximum atomic E-state index is 12.6. The van der Waals surface area contributed by atoms with E-state index in [-0.39, 0.29) is 30.7 Å². The molecule has 0 radical (unpaired) electrons. The van der Waals surface area contributed by atoms with Crippen LogP contribution >= 0.6 is 11.6 Å². The number of likely N-dealkylation sites (tertiary alicyclic amines) is 1. The maximum absolute atomic E-state index is 12.6. The molecule has 1 aromatic rings. The first-order valence-corrected chi connectivity index (χ1v) is 10.1. The van der Waals surface area contributed by atoms with Crippen LogP contribution in [0.2, 0.25) is 5.02 Å². The van der Waals surface area contributed by atoms with Gasteiger partial charge in [-0.1, -0.05) is 25.4 Å². The molecule has 0 spiro atoms. The van der Waals surface area contributed by atoms with E-state index in [2.05, 4.69) is 19.2 Å². The standard InChI is InChI=1S/C20H28ClN3O4/c1-12(2)7-16(20(22)26)23-14-3-4-19(25)24(6-5-14)10-13-8-17-18(9-15(13)21)28-11-27-17/h8-9,12,14,16,23H,3-7,10-11H2,1-2H3,(H2,22,26)/t14?,16-/m0/s1. The van der Waals surface area contributed by atoms with E-state index in [0.717, 1.165) is 12.0 Å². The van der Waals surface area contributed by atoms with Crippen molar-refractivity contribution < 1.29 is 19.1 Å². The van der Waals surface area contributed by atoms with Gasteiger partial charge in [0.25, 0.3) is 0 Å². The van der Waals surface area contributed by atoms with E-state index in [4.69, 9.17) is 26.8 Å². The van der Waals surface area contributed by atoms with Crippen molar-refractivity contribution in [2.24, 2.45) is 11.7 Å². The van der Waals surface area contributed by atoms with Crippen LogP contribution in [-0.2, 0) is 16.1 Å². The highest BCUT2D eigenvalue weighted by atomic mass is 35.5. The Morgan fingerprint density at radius 2 is 2.04 bits per heavy atom. The molecule has 28 heavy (non-hydrogen) atoms. The fourth-order valence-corrected chi connectivity index (χ4v) is 3.89. The predicted molar refractivity (Wildman–Crippen MR) is 106 cm³/mol. The molecule has 2 atom stereocenters. The number of carbonyl (C=O) groups is 2. The van der Waals surface area contributed by atoms with Crippen LogP contribution < -0.4 is 20.5 Å². The zero-order chi connectivity index (χ0) is 20.3. The topological polar surface area (TPSA) is 93.9 Å². The molecule has 1 unspecified atom stereocenters. The van der Waals surface area contributed by atoms with Gasteiger partial charge in [-0.05, 0) is 36.8 Å². The second-order valence-corrected chi connectivity index (χ2v) is 8.29. The molecule has 0 aromatic heterocycles. The molecule has 2 amide bonds. The summed E-state index contributed by atoms with van der Waals surface area (Å²) in [5, 5.41) is 3.92. The summed E-state index contributed by atoms with van der Waals surface area (Å²) in [4.78, 5) is 26.2. The Hall–Kier alpha value is -1.99. The van der Waals surface area contributed by atoms with E-state index in [1.165, 1.54) is 0 Å². The Morgan fingerprint density at radius 3 is 2.71 bits per heavy atom. The molecule has 3 rings (SSSR count). The van der Waals surface area contributed by atoms with Crippen LogP contribution in [0.4, 0.5) is 0 Å². The summed E-state index contributed by atoms with van der Waals surface area (Å²) in [5.41, 5.74) is 6.38. The first kappa shape index (κ1) is 20.7. The number of rotatable bonds is 7. The van der Waals surface area contributed by atoms with Crippen LogP contribution in [0, 0.1) is 5.92 Å². The van der Waals surface area contributed by atoms with E-state index in [0.29, 0.717) is 54.8 Å². The highest BCUT2D eigenvalue weighted by Gasteiger charge is 2.27. The summed E-state index contributed by atoms with van der Waals surface area (Å²) in [5.74, 6) is 1.38. The van der Waals surface area contributed by atoms with Crippen molar-refractivity contribution in [2.75, 3.05) is 13.3 Å². The smallest absolute Gasteiger partial charge is 0.234 e. The molecule has 154 valence electrons. The van der Waals surface area contributed by atoms with Gasteiger partial charge >= 0.3 is 0 Å². The number of hydrogen-bond donors (Lipinski definition) is 2. The van der Waals surface area contributed by atoms with E-state index in [9.17, 15) is 9.59 Å². The van der Waals surface area contributed by atoms with Gasteiger partial charge in [0.05, 0.1) is 6.04 Å². The third-order valence-electron chi connectivity index (χ3n) is 5.20. The molecular weight excluding hydrogens is 382 g/mol. The SMILES string of the molecule is CC(C)C[C@H](NC1CCC(=O)N(Cc2cc3c(cc2Cl)OCO3)CC1)C(N)=O. The second kappa shape index (κ2) is 9.01. The van der Waals surface area contributed by atoms with Crippen molar-refractivity contribution in [3.8, 4) is 11.5 Å². The fourth-order valence-electron chi connectivity index (χ4n) is 3.68. The van der Waals surface area contributed by atoms with E-state index in [1.54, 1.807) is 6.07 Å². The number of nitrogens with zero attached hydrogens (tertiary/aromatic N) is 1. The molecule has 2 aliphatic rings.